The van der Waals surface area contributed by atoms with E-state index in [4.69, 9.17) is 4.98 Å². The lowest BCUT2D eigenvalue weighted by Crippen LogP contribution is -2.39. The summed E-state index contributed by atoms with van der Waals surface area (Å²) in [6.45, 7) is 4.31. The summed E-state index contributed by atoms with van der Waals surface area (Å²) in [5.41, 5.74) is 2.70. The van der Waals surface area contributed by atoms with Crippen LogP contribution in [0.5, 0.6) is 0 Å². The highest BCUT2D eigenvalue weighted by Crippen LogP contribution is 2.32. The van der Waals surface area contributed by atoms with E-state index in [1.54, 1.807) is 10.3 Å². The van der Waals surface area contributed by atoms with Gasteiger partial charge in [0.1, 0.15) is 0 Å². The molecule has 0 N–H and O–H groups in total. The fourth-order valence-electron chi connectivity index (χ4n) is 4.14. The minimum atomic E-state index is -0.478. The van der Waals surface area contributed by atoms with E-state index in [0.29, 0.717) is 50.1 Å². The Bertz CT molecular complexity index is 1040. The van der Waals surface area contributed by atoms with Crippen LogP contribution in [-0.4, -0.2) is 57.7 Å². The molecular weight excluding hydrogens is 416 g/mol. The monoisotopic (exact) mass is 440 g/mol. The van der Waals surface area contributed by atoms with Gasteiger partial charge in [0.15, 0.2) is 0 Å². The van der Waals surface area contributed by atoms with Crippen LogP contribution in [0.2, 0.25) is 0 Å². The molecule has 1 fully saturated rings. The molecule has 4 heterocycles. The molecule has 2 aromatic heterocycles. The van der Waals surface area contributed by atoms with Gasteiger partial charge in [-0.3, -0.25) is 24.7 Å². The van der Waals surface area contributed by atoms with E-state index in [-0.39, 0.29) is 22.7 Å². The lowest BCUT2D eigenvalue weighted by Gasteiger charge is -2.33. The Labute approximate surface area is 184 Å². The summed E-state index contributed by atoms with van der Waals surface area (Å²) in [6, 6.07) is 5.09. The van der Waals surface area contributed by atoms with E-state index in [1.165, 1.54) is 6.07 Å². The number of amides is 2. The highest BCUT2D eigenvalue weighted by Gasteiger charge is 2.30. The van der Waals surface area contributed by atoms with Crippen molar-refractivity contribution in [3.05, 3.63) is 68.4 Å². The molecule has 0 bridgehead atoms. The first-order chi connectivity index (χ1) is 14.9. The fourth-order valence-corrected chi connectivity index (χ4v) is 4.83. The van der Waals surface area contributed by atoms with Crippen molar-refractivity contribution in [2.24, 2.45) is 0 Å². The second kappa shape index (κ2) is 8.97. The van der Waals surface area contributed by atoms with Crippen LogP contribution < -0.4 is 0 Å². The van der Waals surface area contributed by atoms with Crippen LogP contribution >= 0.6 is 11.3 Å². The number of carbonyl (C=O) groups excluding carboxylic acids is 2. The van der Waals surface area contributed by atoms with E-state index < -0.39 is 4.92 Å². The summed E-state index contributed by atoms with van der Waals surface area (Å²) in [5.74, 6) is -0.0765. The van der Waals surface area contributed by atoms with Gasteiger partial charge in [-0.25, -0.2) is 0 Å². The van der Waals surface area contributed by atoms with Crippen LogP contribution in [0, 0.1) is 17.0 Å². The zero-order chi connectivity index (χ0) is 22.0. The van der Waals surface area contributed by atoms with Gasteiger partial charge in [-0.15, -0.1) is 0 Å². The summed E-state index contributed by atoms with van der Waals surface area (Å²) in [5, 5.41) is 12.4. The van der Waals surface area contributed by atoms with Gasteiger partial charge in [-0.1, -0.05) is 23.5 Å². The van der Waals surface area contributed by atoms with Gasteiger partial charge in [-0.05, 0) is 38.3 Å². The first-order valence-electron chi connectivity index (χ1n) is 10.4. The molecule has 0 aliphatic carbocycles. The number of likely N-dealkylation sites (tertiary alicyclic amines) is 1. The largest absolute Gasteiger partial charge is 0.339 e. The maximum atomic E-state index is 13.1. The van der Waals surface area contributed by atoms with Crippen LogP contribution in [0.25, 0.3) is 0 Å². The maximum Gasteiger partial charge on any atom is 0.324 e. The molecule has 1 saturated heterocycles. The average Bonchev–Trinajstić information content (AvgIpc) is 3.29. The highest BCUT2D eigenvalue weighted by molar-refractivity contribution is 7.13. The summed E-state index contributed by atoms with van der Waals surface area (Å²) >= 11 is 0.964. The second-order valence-electron chi connectivity index (χ2n) is 7.89. The van der Waals surface area contributed by atoms with Gasteiger partial charge in [-0.2, -0.15) is 0 Å². The van der Waals surface area contributed by atoms with Crippen molar-refractivity contribution in [2.75, 3.05) is 26.2 Å². The molecule has 0 saturated carbocycles. The molecule has 0 atom stereocenters. The fraction of sp³-hybridized carbons (Fsp3) is 0.409. The summed E-state index contributed by atoms with van der Waals surface area (Å²) < 4.78 is 0. The third kappa shape index (κ3) is 4.51. The number of aryl methyl sites for hydroxylation is 1. The van der Waals surface area contributed by atoms with Crippen LogP contribution in [0.4, 0.5) is 5.00 Å². The molecular formula is C22H24N4O4S. The molecule has 0 spiro atoms. The van der Waals surface area contributed by atoms with E-state index >= 15 is 0 Å². The van der Waals surface area contributed by atoms with E-state index in [0.717, 1.165) is 29.1 Å². The van der Waals surface area contributed by atoms with Crippen molar-refractivity contribution in [3.8, 4) is 0 Å². The molecule has 2 aliphatic rings. The number of nitro groups is 1. The molecule has 2 amide bonds. The van der Waals surface area contributed by atoms with E-state index in [9.17, 15) is 19.7 Å². The predicted octanol–water partition coefficient (Wildman–Crippen LogP) is 3.78. The topological polar surface area (TPSA) is 96.7 Å². The zero-order valence-electron chi connectivity index (χ0n) is 17.3. The maximum absolute atomic E-state index is 13.1. The van der Waals surface area contributed by atoms with Crippen molar-refractivity contribution in [2.45, 2.75) is 32.1 Å². The molecule has 162 valence electrons. The van der Waals surface area contributed by atoms with Gasteiger partial charge in [0.2, 0.25) is 0 Å². The number of pyridine rings is 1. The van der Waals surface area contributed by atoms with Crippen molar-refractivity contribution >= 4 is 28.2 Å². The zero-order valence-corrected chi connectivity index (χ0v) is 18.1. The Morgan fingerprint density at radius 3 is 2.55 bits per heavy atom. The smallest absolute Gasteiger partial charge is 0.324 e. The first kappa shape index (κ1) is 21.2. The molecule has 2 aromatic rings. The van der Waals surface area contributed by atoms with Gasteiger partial charge in [0.05, 0.1) is 21.7 Å². The van der Waals surface area contributed by atoms with Crippen LogP contribution in [0.15, 0.2) is 35.7 Å². The third-order valence-electron chi connectivity index (χ3n) is 5.82. The average molecular weight is 441 g/mol. The molecule has 4 rings (SSSR count). The molecule has 0 aromatic carbocycles. The quantitative estimate of drug-likeness (QED) is 0.409. The van der Waals surface area contributed by atoms with Crippen LogP contribution in [0.1, 0.15) is 57.3 Å². The normalized spacial score (nSPS) is 17.1. The highest BCUT2D eigenvalue weighted by atomic mass is 32.1. The number of piperidine rings is 1. The van der Waals surface area contributed by atoms with Gasteiger partial charge in [0, 0.05) is 49.2 Å². The number of hydrogen-bond acceptors (Lipinski definition) is 6. The van der Waals surface area contributed by atoms with Crippen LogP contribution in [-0.2, 0) is 0 Å². The number of thiophene rings is 1. The molecule has 31 heavy (non-hydrogen) atoms. The van der Waals surface area contributed by atoms with Crippen molar-refractivity contribution in [1.82, 2.24) is 14.8 Å². The van der Waals surface area contributed by atoms with Crippen LogP contribution in [0.3, 0.4) is 0 Å². The standard InChI is InChI=1S/C22H24N4O4S/c1-15-5-6-18(22(28)24-9-3-2-4-10-24)20(23-15)16-7-11-25(12-8-16)21(27)17-13-19(26(29)30)31-14-17/h2-3,5-6,13-14,16H,4,7-12H2,1H3. The molecule has 0 unspecified atom stereocenters. The van der Waals surface area contributed by atoms with Crippen molar-refractivity contribution in [3.63, 3.8) is 0 Å². The van der Waals surface area contributed by atoms with E-state index in [1.807, 2.05) is 30.0 Å². The number of aromatic nitrogens is 1. The first-order valence-corrected chi connectivity index (χ1v) is 11.3. The lowest BCUT2D eigenvalue weighted by molar-refractivity contribution is -0.380. The predicted molar refractivity (Wildman–Crippen MR) is 117 cm³/mol. The van der Waals surface area contributed by atoms with E-state index in [2.05, 4.69) is 6.08 Å². The Morgan fingerprint density at radius 1 is 1.13 bits per heavy atom. The number of hydrogen-bond donors (Lipinski definition) is 0. The summed E-state index contributed by atoms with van der Waals surface area (Å²) in [6.07, 6.45) is 6.37. The second-order valence-corrected chi connectivity index (χ2v) is 8.78. The molecule has 8 nitrogen and oxygen atoms in total. The lowest BCUT2D eigenvalue weighted by atomic mass is 9.89. The number of carbonyl (C=O) groups is 2. The Hall–Kier alpha value is -3.07. The van der Waals surface area contributed by atoms with Gasteiger partial charge < -0.3 is 9.80 Å². The Balaban J connectivity index is 1.47. The number of rotatable bonds is 4. The minimum Gasteiger partial charge on any atom is -0.339 e. The van der Waals surface area contributed by atoms with Gasteiger partial charge >= 0.3 is 5.00 Å². The SMILES string of the molecule is Cc1ccc(C(=O)N2CC=CCC2)c(C2CCN(C(=O)c3csc([N+](=O)[O-])c3)CC2)n1. The Morgan fingerprint density at radius 2 is 1.90 bits per heavy atom. The molecule has 9 heteroatoms. The van der Waals surface area contributed by atoms with Crippen molar-refractivity contribution in [1.29, 1.82) is 0 Å². The minimum absolute atomic E-state index is 0.0101. The molecule has 2 aliphatic heterocycles. The van der Waals surface area contributed by atoms with Gasteiger partial charge in [0.25, 0.3) is 11.8 Å². The molecule has 0 radical (unpaired) electrons. The third-order valence-corrected chi connectivity index (χ3v) is 6.70. The van der Waals surface area contributed by atoms with Crippen molar-refractivity contribution < 1.29 is 14.5 Å². The summed E-state index contributed by atoms with van der Waals surface area (Å²) in [7, 11) is 0. The number of nitrogens with zero attached hydrogens (tertiary/aromatic N) is 4. The Kier molecular flexibility index (Phi) is 6.13. The summed E-state index contributed by atoms with van der Waals surface area (Å²) in [4.78, 5) is 44.6.